The van der Waals surface area contributed by atoms with E-state index in [0.29, 0.717) is 16.4 Å². The molecule has 1 atom stereocenters. The lowest BCUT2D eigenvalue weighted by atomic mass is 10.1. The summed E-state index contributed by atoms with van der Waals surface area (Å²) in [5.41, 5.74) is 1.15. The van der Waals surface area contributed by atoms with Gasteiger partial charge < -0.3 is 10.1 Å². The summed E-state index contributed by atoms with van der Waals surface area (Å²) >= 11 is 1.08. The molecule has 0 unspecified atom stereocenters. The number of anilines is 1. The lowest BCUT2D eigenvalue weighted by Gasteiger charge is -2.14. The van der Waals surface area contributed by atoms with Crippen LogP contribution in [0.3, 0.4) is 0 Å². The number of benzene rings is 1. The number of nitrogens with zero attached hydrogens (tertiary/aromatic N) is 2. The first-order valence-electron chi connectivity index (χ1n) is 8.17. The zero-order valence-electron chi connectivity index (χ0n) is 15.1. The van der Waals surface area contributed by atoms with E-state index in [1.807, 2.05) is 6.07 Å². The van der Waals surface area contributed by atoms with Crippen LogP contribution >= 0.6 is 11.8 Å². The van der Waals surface area contributed by atoms with E-state index in [-0.39, 0.29) is 23.6 Å². The van der Waals surface area contributed by atoms with Gasteiger partial charge in [0.05, 0.1) is 28.7 Å². The molecule has 140 valence electrons. The van der Waals surface area contributed by atoms with Crippen LogP contribution in [0, 0.1) is 24.1 Å². The Hall–Kier alpha value is -2.92. The monoisotopic (exact) mass is 387 g/mol. The largest absolute Gasteiger partial charge is 0.462 e. The molecular weight excluding hydrogens is 369 g/mol. The fourth-order valence-corrected chi connectivity index (χ4v) is 3.12. The van der Waals surface area contributed by atoms with Crippen molar-refractivity contribution in [2.75, 3.05) is 11.9 Å². The molecule has 2 aromatic rings. The third kappa shape index (κ3) is 5.28. The predicted molar refractivity (Wildman–Crippen MR) is 100.0 cm³/mol. The van der Waals surface area contributed by atoms with Crippen molar-refractivity contribution in [2.45, 2.75) is 31.0 Å². The summed E-state index contributed by atoms with van der Waals surface area (Å²) in [6.45, 7) is 5.19. The van der Waals surface area contributed by atoms with Crippen LogP contribution < -0.4 is 5.32 Å². The van der Waals surface area contributed by atoms with Gasteiger partial charge in [-0.3, -0.25) is 4.79 Å². The molecule has 27 heavy (non-hydrogen) atoms. The number of thioether (sulfide) groups is 1. The van der Waals surface area contributed by atoms with Crippen LogP contribution in [0.15, 0.2) is 35.4 Å². The van der Waals surface area contributed by atoms with Crippen molar-refractivity contribution in [1.29, 1.82) is 5.26 Å². The Morgan fingerprint density at radius 2 is 2.15 bits per heavy atom. The van der Waals surface area contributed by atoms with Crippen molar-refractivity contribution in [3.8, 4) is 6.07 Å². The van der Waals surface area contributed by atoms with E-state index in [9.17, 15) is 19.2 Å². The number of ether oxygens (including phenoxy) is 1. The van der Waals surface area contributed by atoms with E-state index in [4.69, 9.17) is 4.74 Å². The number of rotatable bonds is 6. The average molecular weight is 387 g/mol. The highest BCUT2D eigenvalue weighted by atomic mass is 32.2. The molecule has 0 aliphatic rings. The Bertz CT molecular complexity index is 912. The Balaban J connectivity index is 2.18. The molecular formula is C19H18FN3O3S. The molecule has 0 bridgehead atoms. The molecule has 0 saturated carbocycles. The summed E-state index contributed by atoms with van der Waals surface area (Å²) in [5.74, 6) is -1.36. The molecule has 8 heteroatoms. The van der Waals surface area contributed by atoms with Crippen molar-refractivity contribution in [2.24, 2.45) is 0 Å². The Morgan fingerprint density at radius 3 is 2.78 bits per heavy atom. The number of pyridine rings is 1. The van der Waals surface area contributed by atoms with Crippen molar-refractivity contribution < 1.29 is 18.7 Å². The van der Waals surface area contributed by atoms with E-state index in [0.717, 1.165) is 11.8 Å². The topological polar surface area (TPSA) is 92.1 Å². The minimum Gasteiger partial charge on any atom is -0.462 e. The number of nitrogens with one attached hydrogen (secondary N) is 1. The summed E-state index contributed by atoms with van der Waals surface area (Å²) < 4.78 is 18.2. The SMILES string of the molecule is CCOC(=O)c1cc(C#N)c(S[C@H](C)C(=O)Nc2cccc(F)c2)nc1C. The highest BCUT2D eigenvalue weighted by Gasteiger charge is 2.21. The van der Waals surface area contributed by atoms with Crippen LogP contribution in [-0.2, 0) is 9.53 Å². The van der Waals surface area contributed by atoms with E-state index < -0.39 is 17.0 Å². The Kier molecular flexibility index (Phi) is 6.91. The van der Waals surface area contributed by atoms with Gasteiger partial charge in [-0.15, -0.1) is 0 Å². The van der Waals surface area contributed by atoms with E-state index in [2.05, 4.69) is 10.3 Å². The molecule has 6 nitrogen and oxygen atoms in total. The third-order valence-electron chi connectivity index (χ3n) is 3.54. The van der Waals surface area contributed by atoms with Crippen LogP contribution in [0.5, 0.6) is 0 Å². The second kappa shape index (κ2) is 9.14. The van der Waals surface area contributed by atoms with Gasteiger partial charge >= 0.3 is 5.97 Å². The number of aryl methyl sites for hydroxylation is 1. The fraction of sp³-hybridized carbons (Fsp3) is 0.263. The van der Waals surface area contributed by atoms with Crippen molar-refractivity contribution in [1.82, 2.24) is 4.98 Å². The van der Waals surface area contributed by atoms with Crippen molar-refractivity contribution in [3.63, 3.8) is 0 Å². The van der Waals surface area contributed by atoms with E-state index >= 15 is 0 Å². The lowest BCUT2D eigenvalue weighted by molar-refractivity contribution is -0.115. The maximum absolute atomic E-state index is 13.2. The quantitative estimate of drug-likeness (QED) is 0.600. The maximum Gasteiger partial charge on any atom is 0.340 e. The van der Waals surface area contributed by atoms with Crippen LogP contribution in [0.1, 0.15) is 35.5 Å². The first-order chi connectivity index (χ1) is 12.8. The minimum absolute atomic E-state index is 0.180. The van der Waals surface area contributed by atoms with E-state index in [1.54, 1.807) is 26.8 Å². The van der Waals surface area contributed by atoms with Crippen LogP contribution in [0.25, 0.3) is 0 Å². The lowest BCUT2D eigenvalue weighted by Crippen LogP contribution is -2.22. The number of carbonyl (C=O) groups excluding carboxylic acids is 2. The molecule has 0 fully saturated rings. The molecule has 1 N–H and O–H groups in total. The Morgan fingerprint density at radius 1 is 1.41 bits per heavy atom. The molecule has 0 saturated heterocycles. The van der Waals surface area contributed by atoms with Crippen molar-refractivity contribution >= 4 is 29.3 Å². The molecule has 0 aliphatic carbocycles. The number of amides is 1. The molecule has 2 rings (SSSR count). The summed E-state index contributed by atoms with van der Waals surface area (Å²) in [6.07, 6.45) is 0. The third-order valence-corrected chi connectivity index (χ3v) is 4.65. The summed E-state index contributed by atoms with van der Waals surface area (Å²) in [4.78, 5) is 28.6. The first-order valence-corrected chi connectivity index (χ1v) is 9.05. The van der Waals surface area contributed by atoms with Gasteiger partial charge in [0.2, 0.25) is 5.91 Å². The van der Waals surface area contributed by atoms with Gasteiger partial charge in [-0.05, 0) is 45.0 Å². The second-order valence-corrected chi connectivity index (χ2v) is 6.90. The molecule has 1 aromatic heterocycles. The molecule has 1 amide bonds. The number of aromatic nitrogens is 1. The summed E-state index contributed by atoms with van der Waals surface area (Å²) in [7, 11) is 0. The minimum atomic E-state index is -0.597. The number of carbonyl (C=O) groups is 2. The standard InChI is InChI=1S/C19H18FN3O3S/c1-4-26-19(25)16-8-13(10-21)18(22-11(16)2)27-12(3)17(24)23-15-7-5-6-14(20)9-15/h5-9,12H,4H2,1-3H3,(H,23,24)/t12-/m1/s1. The summed E-state index contributed by atoms with van der Waals surface area (Å²) in [5, 5.41) is 11.7. The smallest absolute Gasteiger partial charge is 0.340 e. The molecule has 1 aromatic carbocycles. The van der Waals surface area contributed by atoms with Gasteiger partial charge in [0.1, 0.15) is 16.9 Å². The Labute approximate surface area is 160 Å². The van der Waals surface area contributed by atoms with Gasteiger partial charge in [0.25, 0.3) is 0 Å². The molecule has 0 radical (unpaired) electrons. The van der Waals surface area contributed by atoms with Gasteiger partial charge in [-0.25, -0.2) is 14.2 Å². The zero-order valence-corrected chi connectivity index (χ0v) is 15.9. The molecule has 1 heterocycles. The fourth-order valence-electron chi connectivity index (χ4n) is 2.20. The first kappa shape index (κ1) is 20.4. The van der Waals surface area contributed by atoms with Crippen molar-refractivity contribution in [3.05, 3.63) is 53.0 Å². The highest BCUT2D eigenvalue weighted by Crippen LogP contribution is 2.27. The van der Waals surface area contributed by atoms with Crippen LogP contribution in [0.2, 0.25) is 0 Å². The van der Waals surface area contributed by atoms with Crippen LogP contribution in [0.4, 0.5) is 10.1 Å². The maximum atomic E-state index is 13.2. The number of esters is 1. The van der Waals surface area contributed by atoms with Crippen LogP contribution in [-0.4, -0.2) is 28.7 Å². The normalized spacial score (nSPS) is 11.4. The highest BCUT2D eigenvalue weighted by molar-refractivity contribution is 8.00. The van der Waals surface area contributed by atoms with Gasteiger partial charge in [0.15, 0.2) is 0 Å². The second-order valence-electron chi connectivity index (χ2n) is 5.57. The van der Waals surface area contributed by atoms with E-state index in [1.165, 1.54) is 24.3 Å². The van der Waals surface area contributed by atoms with Gasteiger partial charge in [-0.1, -0.05) is 17.8 Å². The van der Waals surface area contributed by atoms with Gasteiger partial charge in [-0.2, -0.15) is 5.26 Å². The number of hydrogen-bond acceptors (Lipinski definition) is 6. The van der Waals surface area contributed by atoms with Gasteiger partial charge in [0, 0.05) is 5.69 Å². The molecule has 0 spiro atoms. The number of hydrogen-bond donors (Lipinski definition) is 1. The average Bonchev–Trinajstić information content (AvgIpc) is 2.62. The number of halogens is 1. The molecule has 0 aliphatic heterocycles. The zero-order chi connectivity index (χ0) is 20.0. The predicted octanol–water partition coefficient (Wildman–Crippen LogP) is 3.70. The number of nitriles is 1. The summed E-state index contributed by atoms with van der Waals surface area (Å²) in [6, 6.07) is 8.98.